The molecule has 0 unspecified atom stereocenters. The van der Waals surface area contributed by atoms with E-state index in [0.29, 0.717) is 0 Å². The number of aromatic nitrogens is 3. The fourth-order valence-corrected chi connectivity index (χ4v) is 4.74. The number of hydrogen-bond donors (Lipinski definition) is 0. The summed E-state index contributed by atoms with van der Waals surface area (Å²) in [5.41, 5.74) is 5.04. The van der Waals surface area contributed by atoms with Crippen molar-refractivity contribution in [2.75, 3.05) is 37.6 Å². The summed E-state index contributed by atoms with van der Waals surface area (Å²) < 4.78 is 15.8. The molecule has 3 aromatic rings. The van der Waals surface area contributed by atoms with E-state index in [2.05, 4.69) is 16.7 Å². The molecule has 1 aliphatic carbocycles. The van der Waals surface area contributed by atoms with E-state index in [9.17, 15) is 4.39 Å². The van der Waals surface area contributed by atoms with Crippen LogP contribution >= 0.6 is 0 Å². The molecule has 6 heteroatoms. The number of rotatable bonds is 4. The molecule has 3 heterocycles. The van der Waals surface area contributed by atoms with Crippen molar-refractivity contribution >= 4 is 11.5 Å². The van der Waals surface area contributed by atoms with Crippen LogP contribution in [0.5, 0.6) is 0 Å². The van der Waals surface area contributed by atoms with Crippen LogP contribution in [-0.2, 0) is 12.8 Å². The number of fused-ring (bicyclic) bond motifs is 2. The number of aryl methyl sites for hydroxylation is 1. The van der Waals surface area contributed by atoms with Gasteiger partial charge in [-0.05, 0) is 50.8 Å². The lowest BCUT2D eigenvalue weighted by Crippen LogP contribution is -2.47. The van der Waals surface area contributed by atoms with Crippen LogP contribution in [0.3, 0.4) is 0 Å². The van der Waals surface area contributed by atoms with Gasteiger partial charge in [0.25, 0.3) is 0 Å². The summed E-state index contributed by atoms with van der Waals surface area (Å²) in [6.45, 7) is 7.62. The molecule has 0 radical (unpaired) electrons. The first-order valence-electron chi connectivity index (χ1n) is 10.9. The van der Waals surface area contributed by atoms with Crippen LogP contribution in [0.2, 0.25) is 0 Å². The lowest BCUT2D eigenvalue weighted by Gasteiger charge is -2.37. The summed E-state index contributed by atoms with van der Waals surface area (Å²) in [5, 5.41) is 4.89. The van der Waals surface area contributed by atoms with Gasteiger partial charge in [0, 0.05) is 49.1 Å². The number of piperazine rings is 1. The lowest BCUT2D eigenvalue weighted by atomic mass is 9.96. The smallest absolute Gasteiger partial charge is 0.158 e. The Hall–Kier alpha value is -2.47. The molecular formula is C23H28FN5. The number of hydrogen-bond acceptors (Lipinski definition) is 4. The molecular weight excluding hydrogens is 365 g/mol. The van der Waals surface area contributed by atoms with Gasteiger partial charge in [-0.15, -0.1) is 0 Å². The zero-order chi connectivity index (χ0) is 19.8. The number of anilines is 1. The molecule has 0 saturated carbocycles. The van der Waals surface area contributed by atoms with E-state index in [1.54, 1.807) is 12.1 Å². The van der Waals surface area contributed by atoms with E-state index < -0.39 is 0 Å². The van der Waals surface area contributed by atoms with Crippen LogP contribution in [0.15, 0.2) is 30.3 Å². The molecule has 2 aliphatic rings. The van der Waals surface area contributed by atoms with Gasteiger partial charge in [0.15, 0.2) is 5.65 Å². The molecule has 29 heavy (non-hydrogen) atoms. The Morgan fingerprint density at radius 2 is 1.86 bits per heavy atom. The summed E-state index contributed by atoms with van der Waals surface area (Å²) in [7, 11) is 0. The summed E-state index contributed by atoms with van der Waals surface area (Å²) in [6.07, 6.45) is 5.71. The fourth-order valence-electron chi connectivity index (χ4n) is 4.74. The van der Waals surface area contributed by atoms with Crippen molar-refractivity contribution in [1.29, 1.82) is 0 Å². The highest BCUT2D eigenvalue weighted by Crippen LogP contribution is 2.32. The minimum Gasteiger partial charge on any atom is -0.354 e. The molecule has 1 aromatic carbocycles. The zero-order valence-electron chi connectivity index (χ0n) is 17.1. The molecule has 2 aromatic heterocycles. The van der Waals surface area contributed by atoms with Crippen molar-refractivity contribution in [1.82, 2.24) is 19.5 Å². The highest BCUT2D eigenvalue weighted by molar-refractivity contribution is 5.67. The SMILES string of the molecule is CCCN1CCN(c2c3c(nc4cc(-c5cccc(F)c5)nn24)CCCC3)CC1. The van der Waals surface area contributed by atoms with Gasteiger partial charge in [-0.1, -0.05) is 19.1 Å². The summed E-state index contributed by atoms with van der Waals surface area (Å²) >= 11 is 0. The predicted molar refractivity (Wildman–Crippen MR) is 114 cm³/mol. The maximum atomic E-state index is 13.8. The molecule has 0 atom stereocenters. The van der Waals surface area contributed by atoms with Gasteiger partial charge in [-0.25, -0.2) is 9.37 Å². The summed E-state index contributed by atoms with van der Waals surface area (Å²) in [6, 6.07) is 8.66. The quantitative estimate of drug-likeness (QED) is 0.673. The Morgan fingerprint density at radius 3 is 2.66 bits per heavy atom. The Balaban J connectivity index is 1.59. The van der Waals surface area contributed by atoms with Crippen LogP contribution in [0.25, 0.3) is 16.9 Å². The van der Waals surface area contributed by atoms with Crippen LogP contribution in [0.4, 0.5) is 10.2 Å². The van der Waals surface area contributed by atoms with Crippen molar-refractivity contribution < 1.29 is 4.39 Å². The maximum Gasteiger partial charge on any atom is 0.158 e. The first kappa shape index (κ1) is 18.6. The molecule has 0 bridgehead atoms. The monoisotopic (exact) mass is 393 g/mol. The molecule has 0 N–H and O–H groups in total. The molecule has 5 nitrogen and oxygen atoms in total. The second-order valence-electron chi connectivity index (χ2n) is 8.21. The van der Waals surface area contributed by atoms with Crippen LogP contribution in [-0.4, -0.2) is 52.2 Å². The summed E-state index contributed by atoms with van der Waals surface area (Å²) in [5.74, 6) is 0.975. The third-order valence-corrected chi connectivity index (χ3v) is 6.18. The van der Waals surface area contributed by atoms with E-state index in [-0.39, 0.29) is 5.82 Å². The van der Waals surface area contributed by atoms with Gasteiger partial charge < -0.3 is 4.90 Å². The van der Waals surface area contributed by atoms with Gasteiger partial charge in [0.1, 0.15) is 11.6 Å². The Kier molecular flexibility index (Phi) is 4.96. The maximum absolute atomic E-state index is 13.8. The van der Waals surface area contributed by atoms with Crippen LogP contribution in [0.1, 0.15) is 37.4 Å². The van der Waals surface area contributed by atoms with Crippen molar-refractivity contribution in [3.63, 3.8) is 0 Å². The third-order valence-electron chi connectivity index (χ3n) is 6.18. The van der Waals surface area contributed by atoms with E-state index >= 15 is 0 Å². The molecule has 0 amide bonds. The molecule has 152 valence electrons. The number of benzene rings is 1. The standard InChI is InChI=1S/C23H28FN5/c1-2-10-27-11-13-28(14-12-27)23-19-8-3-4-9-20(19)25-22-16-21(26-29(22)23)17-6-5-7-18(24)15-17/h5-7,15-16H,2-4,8-14H2,1H3. The average Bonchev–Trinajstić information content (AvgIpc) is 3.17. The van der Waals surface area contributed by atoms with Gasteiger partial charge in [-0.2, -0.15) is 9.61 Å². The zero-order valence-corrected chi connectivity index (χ0v) is 17.1. The van der Waals surface area contributed by atoms with Crippen LogP contribution in [0, 0.1) is 5.82 Å². The second-order valence-corrected chi connectivity index (χ2v) is 8.21. The molecule has 1 saturated heterocycles. The minimum absolute atomic E-state index is 0.237. The summed E-state index contributed by atoms with van der Waals surface area (Å²) in [4.78, 5) is 9.99. The highest BCUT2D eigenvalue weighted by atomic mass is 19.1. The van der Waals surface area contributed by atoms with Crippen molar-refractivity contribution in [2.45, 2.75) is 39.0 Å². The van der Waals surface area contributed by atoms with Gasteiger partial charge in [-0.3, -0.25) is 4.90 Å². The molecule has 1 aliphatic heterocycles. The first-order valence-corrected chi connectivity index (χ1v) is 10.9. The first-order chi connectivity index (χ1) is 14.2. The van der Waals surface area contributed by atoms with Gasteiger partial charge in [0.05, 0.1) is 5.69 Å². The highest BCUT2D eigenvalue weighted by Gasteiger charge is 2.26. The predicted octanol–water partition coefficient (Wildman–Crippen LogP) is 3.95. The third kappa shape index (κ3) is 3.50. The normalized spacial score (nSPS) is 17.7. The Bertz CT molecular complexity index is 1020. The van der Waals surface area contributed by atoms with E-state index in [4.69, 9.17) is 10.1 Å². The minimum atomic E-state index is -0.237. The van der Waals surface area contributed by atoms with Crippen LogP contribution < -0.4 is 4.90 Å². The van der Waals surface area contributed by atoms with E-state index in [1.165, 1.54) is 48.9 Å². The Labute approximate surface area is 171 Å². The fraction of sp³-hybridized carbons (Fsp3) is 0.478. The van der Waals surface area contributed by atoms with Gasteiger partial charge >= 0.3 is 0 Å². The molecule has 5 rings (SSSR count). The lowest BCUT2D eigenvalue weighted by molar-refractivity contribution is 0.257. The number of nitrogens with zero attached hydrogens (tertiary/aromatic N) is 5. The number of halogens is 1. The van der Waals surface area contributed by atoms with Crippen molar-refractivity contribution in [3.05, 3.63) is 47.4 Å². The Morgan fingerprint density at radius 1 is 1.03 bits per heavy atom. The topological polar surface area (TPSA) is 36.7 Å². The average molecular weight is 394 g/mol. The van der Waals surface area contributed by atoms with E-state index in [1.807, 2.05) is 16.6 Å². The van der Waals surface area contributed by atoms with Gasteiger partial charge in [0.2, 0.25) is 0 Å². The molecule has 1 fully saturated rings. The van der Waals surface area contributed by atoms with Crippen molar-refractivity contribution in [3.8, 4) is 11.3 Å². The van der Waals surface area contributed by atoms with E-state index in [0.717, 1.165) is 55.9 Å². The van der Waals surface area contributed by atoms with Crippen molar-refractivity contribution in [2.24, 2.45) is 0 Å². The molecule has 0 spiro atoms. The largest absolute Gasteiger partial charge is 0.354 e. The second kappa shape index (κ2) is 7.75.